The van der Waals surface area contributed by atoms with Gasteiger partial charge < -0.3 is 24.2 Å². The highest BCUT2D eigenvalue weighted by Gasteiger charge is 2.24. The topological polar surface area (TPSA) is 85.0 Å². The van der Waals surface area contributed by atoms with Crippen LogP contribution in [0, 0.1) is 5.92 Å². The third-order valence-electron chi connectivity index (χ3n) is 3.95. The average molecular weight is 467 g/mol. The standard InChI is InChI=1S/C16H29N5O3.HI/c1-5-17-16(21-8-7-13(10-21)11-22-4)18-9-14-19-15(20-24-14)12(3)23-6-2;/h12-13H,5-11H2,1-4H3,(H,17,18);1H. The van der Waals surface area contributed by atoms with Crippen molar-refractivity contribution >= 4 is 29.9 Å². The Labute approximate surface area is 166 Å². The number of nitrogens with zero attached hydrogens (tertiary/aromatic N) is 4. The number of likely N-dealkylation sites (tertiary alicyclic amines) is 1. The van der Waals surface area contributed by atoms with Crippen LogP contribution >= 0.6 is 24.0 Å². The van der Waals surface area contributed by atoms with E-state index in [4.69, 9.17) is 14.0 Å². The number of halogens is 1. The lowest BCUT2D eigenvalue weighted by atomic mass is 10.1. The lowest BCUT2D eigenvalue weighted by Gasteiger charge is -2.21. The zero-order valence-corrected chi connectivity index (χ0v) is 17.9. The van der Waals surface area contributed by atoms with E-state index in [1.54, 1.807) is 7.11 Å². The van der Waals surface area contributed by atoms with Crippen LogP contribution in [0.3, 0.4) is 0 Å². The summed E-state index contributed by atoms with van der Waals surface area (Å²) in [6.07, 6.45) is 0.951. The first-order valence-corrected chi connectivity index (χ1v) is 8.64. The number of methoxy groups -OCH3 is 1. The number of hydrogen-bond donors (Lipinski definition) is 1. The van der Waals surface area contributed by atoms with Crippen LogP contribution in [0.15, 0.2) is 9.52 Å². The molecule has 8 nitrogen and oxygen atoms in total. The van der Waals surface area contributed by atoms with Gasteiger partial charge in [0.25, 0.3) is 0 Å². The molecule has 9 heteroatoms. The summed E-state index contributed by atoms with van der Waals surface area (Å²) < 4.78 is 16.0. The predicted octanol–water partition coefficient (Wildman–Crippen LogP) is 2.22. The van der Waals surface area contributed by atoms with E-state index in [1.165, 1.54) is 0 Å². The van der Waals surface area contributed by atoms with Gasteiger partial charge >= 0.3 is 0 Å². The molecule has 2 atom stereocenters. The molecule has 0 saturated carbocycles. The van der Waals surface area contributed by atoms with Crippen LogP contribution in [0.1, 0.15) is 45.0 Å². The summed E-state index contributed by atoms with van der Waals surface area (Å²) in [5.41, 5.74) is 0. The Morgan fingerprint density at radius 2 is 2.28 bits per heavy atom. The van der Waals surface area contributed by atoms with Crippen molar-refractivity contribution in [1.29, 1.82) is 0 Å². The molecule has 2 heterocycles. The Kier molecular flexibility index (Phi) is 10.3. The second kappa shape index (κ2) is 11.6. The number of nitrogens with one attached hydrogen (secondary N) is 1. The van der Waals surface area contributed by atoms with Gasteiger partial charge in [-0.05, 0) is 27.2 Å². The average Bonchev–Trinajstić information content (AvgIpc) is 3.21. The van der Waals surface area contributed by atoms with Crippen LogP contribution in [-0.4, -0.2) is 61.0 Å². The monoisotopic (exact) mass is 467 g/mol. The highest BCUT2D eigenvalue weighted by molar-refractivity contribution is 14.0. The van der Waals surface area contributed by atoms with Gasteiger partial charge in [-0.15, -0.1) is 24.0 Å². The van der Waals surface area contributed by atoms with Crippen molar-refractivity contribution in [3.05, 3.63) is 11.7 Å². The van der Waals surface area contributed by atoms with Crippen molar-refractivity contribution < 1.29 is 14.0 Å². The van der Waals surface area contributed by atoms with E-state index < -0.39 is 0 Å². The molecule has 2 unspecified atom stereocenters. The van der Waals surface area contributed by atoms with Gasteiger partial charge in [0, 0.05) is 39.3 Å². The number of ether oxygens (including phenoxy) is 2. The lowest BCUT2D eigenvalue weighted by molar-refractivity contribution is 0.0683. The lowest BCUT2D eigenvalue weighted by Crippen LogP contribution is -2.40. The summed E-state index contributed by atoms with van der Waals surface area (Å²) in [6, 6.07) is 0. The quantitative estimate of drug-likeness (QED) is 0.357. The summed E-state index contributed by atoms with van der Waals surface area (Å²) in [5.74, 6) is 2.50. The predicted molar refractivity (Wildman–Crippen MR) is 106 cm³/mol. The first kappa shape index (κ1) is 22.1. The van der Waals surface area contributed by atoms with Gasteiger partial charge in [-0.2, -0.15) is 4.98 Å². The van der Waals surface area contributed by atoms with Crippen LogP contribution < -0.4 is 5.32 Å². The van der Waals surface area contributed by atoms with Crippen molar-refractivity contribution in [2.45, 2.75) is 39.8 Å². The highest BCUT2D eigenvalue weighted by atomic mass is 127. The van der Waals surface area contributed by atoms with Gasteiger partial charge in [0.05, 0.1) is 6.61 Å². The van der Waals surface area contributed by atoms with E-state index in [-0.39, 0.29) is 30.1 Å². The summed E-state index contributed by atoms with van der Waals surface area (Å²) in [5, 5.41) is 7.29. The van der Waals surface area contributed by atoms with Crippen LogP contribution in [0.25, 0.3) is 0 Å². The molecule has 1 saturated heterocycles. The fraction of sp³-hybridized carbons (Fsp3) is 0.812. The molecule has 2 rings (SSSR count). The van der Waals surface area contributed by atoms with Crippen LogP contribution in [-0.2, 0) is 16.0 Å². The van der Waals surface area contributed by atoms with E-state index in [0.29, 0.717) is 30.8 Å². The Morgan fingerprint density at radius 1 is 1.48 bits per heavy atom. The second-order valence-corrected chi connectivity index (χ2v) is 5.87. The summed E-state index contributed by atoms with van der Waals surface area (Å²) in [6.45, 7) is 10.4. The maximum absolute atomic E-state index is 5.47. The smallest absolute Gasteiger partial charge is 0.248 e. The van der Waals surface area contributed by atoms with Gasteiger partial charge in [-0.25, -0.2) is 4.99 Å². The van der Waals surface area contributed by atoms with Gasteiger partial charge in [0.15, 0.2) is 11.8 Å². The SMILES string of the molecule is CCNC(=NCc1nc(C(C)OCC)no1)N1CCC(COC)C1.I. The number of hydrogen-bond acceptors (Lipinski definition) is 6. The molecule has 144 valence electrons. The minimum atomic E-state index is -0.168. The molecule has 0 amide bonds. The van der Waals surface area contributed by atoms with Gasteiger partial charge in [0.1, 0.15) is 12.6 Å². The fourth-order valence-corrected chi connectivity index (χ4v) is 2.79. The molecular formula is C16H30IN5O3. The zero-order valence-electron chi connectivity index (χ0n) is 15.5. The van der Waals surface area contributed by atoms with E-state index in [1.807, 2.05) is 13.8 Å². The second-order valence-electron chi connectivity index (χ2n) is 5.87. The van der Waals surface area contributed by atoms with Crippen molar-refractivity contribution in [2.24, 2.45) is 10.9 Å². The minimum absolute atomic E-state index is 0. The molecule has 1 aliphatic heterocycles. The first-order valence-electron chi connectivity index (χ1n) is 8.64. The Hall–Kier alpha value is -0.940. The van der Waals surface area contributed by atoms with E-state index in [0.717, 1.165) is 38.6 Å². The normalized spacial score (nSPS) is 19.0. The number of rotatable bonds is 8. The molecule has 0 radical (unpaired) electrons. The fourth-order valence-electron chi connectivity index (χ4n) is 2.79. The molecule has 0 aliphatic carbocycles. The van der Waals surface area contributed by atoms with Crippen molar-refractivity contribution in [3.63, 3.8) is 0 Å². The molecule has 0 aromatic carbocycles. The third kappa shape index (κ3) is 6.70. The molecular weight excluding hydrogens is 437 g/mol. The van der Waals surface area contributed by atoms with Crippen LogP contribution in [0.2, 0.25) is 0 Å². The van der Waals surface area contributed by atoms with E-state index in [9.17, 15) is 0 Å². The van der Waals surface area contributed by atoms with Crippen molar-refractivity contribution in [3.8, 4) is 0 Å². The molecule has 1 aromatic heterocycles. The number of aliphatic imine (C=N–C) groups is 1. The molecule has 1 fully saturated rings. The number of guanidine groups is 1. The van der Waals surface area contributed by atoms with Crippen molar-refractivity contribution in [2.75, 3.05) is 40.0 Å². The van der Waals surface area contributed by atoms with E-state index in [2.05, 4.69) is 32.3 Å². The Balaban J connectivity index is 0.00000312. The van der Waals surface area contributed by atoms with Gasteiger partial charge in [-0.1, -0.05) is 5.16 Å². The van der Waals surface area contributed by atoms with E-state index >= 15 is 0 Å². The minimum Gasteiger partial charge on any atom is -0.384 e. The largest absolute Gasteiger partial charge is 0.384 e. The summed E-state index contributed by atoms with van der Waals surface area (Å²) in [7, 11) is 1.75. The summed E-state index contributed by atoms with van der Waals surface area (Å²) >= 11 is 0. The third-order valence-corrected chi connectivity index (χ3v) is 3.95. The van der Waals surface area contributed by atoms with Crippen LogP contribution in [0.5, 0.6) is 0 Å². The molecule has 1 aromatic rings. The maximum Gasteiger partial charge on any atom is 0.248 e. The Bertz CT molecular complexity index is 526. The molecule has 1 aliphatic rings. The molecule has 0 bridgehead atoms. The van der Waals surface area contributed by atoms with Gasteiger partial charge in [0.2, 0.25) is 5.89 Å². The maximum atomic E-state index is 5.47. The first-order chi connectivity index (χ1) is 11.7. The molecule has 25 heavy (non-hydrogen) atoms. The van der Waals surface area contributed by atoms with Crippen LogP contribution in [0.4, 0.5) is 0 Å². The summed E-state index contributed by atoms with van der Waals surface area (Å²) in [4.78, 5) is 11.2. The number of aromatic nitrogens is 2. The molecule has 0 spiro atoms. The van der Waals surface area contributed by atoms with Crippen molar-refractivity contribution in [1.82, 2.24) is 20.4 Å². The highest BCUT2D eigenvalue weighted by Crippen LogP contribution is 2.17. The van der Waals surface area contributed by atoms with Gasteiger partial charge in [-0.3, -0.25) is 0 Å². The zero-order chi connectivity index (χ0) is 17.4. The Morgan fingerprint density at radius 3 is 2.96 bits per heavy atom. The molecule has 1 N–H and O–H groups in total.